The van der Waals surface area contributed by atoms with Crippen molar-refractivity contribution in [3.8, 4) is 5.75 Å². The number of ether oxygens (including phenoxy) is 1. The number of fused-ring (bicyclic) bond motifs is 1. The van der Waals surface area contributed by atoms with Crippen LogP contribution in [0.3, 0.4) is 0 Å². The zero-order valence-electron chi connectivity index (χ0n) is 10.6. The number of nitrogens with one attached hydrogen (secondary N) is 1. The van der Waals surface area contributed by atoms with Gasteiger partial charge < -0.3 is 10.1 Å². The number of hydrogen-bond acceptors (Lipinski definition) is 2. The van der Waals surface area contributed by atoms with Gasteiger partial charge in [-0.25, -0.2) is 0 Å². The van der Waals surface area contributed by atoms with Crippen molar-refractivity contribution in [1.82, 2.24) is 5.32 Å². The van der Waals surface area contributed by atoms with Crippen molar-refractivity contribution >= 4 is 11.6 Å². The molecule has 0 saturated carbocycles. The summed E-state index contributed by atoms with van der Waals surface area (Å²) in [6.07, 6.45) is 3.30. The summed E-state index contributed by atoms with van der Waals surface area (Å²) >= 11 is 6.34. The normalized spacial score (nSPS) is 19.4. The monoisotopic (exact) mass is 253 g/mol. The molecule has 0 aromatic heterocycles. The fraction of sp³-hybridized carbons (Fsp3) is 0.571. The van der Waals surface area contributed by atoms with Crippen LogP contribution in [0, 0.1) is 6.92 Å². The van der Waals surface area contributed by atoms with Crippen molar-refractivity contribution in [2.24, 2.45) is 0 Å². The van der Waals surface area contributed by atoms with Gasteiger partial charge in [-0.05, 0) is 44.4 Å². The minimum absolute atomic E-state index is 0.333. The Morgan fingerprint density at radius 2 is 2.29 bits per heavy atom. The van der Waals surface area contributed by atoms with Crippen LogP contribution in [-0.2, 0) is 0 Å². The van der Waals surface area contributed by atoms with Crippen LogP contribution in [0.1, 0.15) is 43.4 Å². The largest absolute Gasteiger partial charge is 0.493 e. The Morgan fingerprint density at radius 1 is 1.47 bits per heavy atom. The number of hydrogen-bond donors (Lipinski definition) is 1. The third-order valence-corrected chi connectivity index (χ3v) is 3.54. The lowest BCUT2D eigenvalue weighted by Crippen LogP contribution is -2.22. The Morgan fingerprint density at radius 3 is 3.06 bits per heavy atom. The fourth-order valence-corrected chi connectivity index (χ4v) is 2.61. The molecule has 1 heterocycles. The molecule has 0 fully saturated rings. The van der Waals surface area contributed by atoms with Crippen molar-refractivity contribution in [2.45, 2.75) is 39.2 Å². The van der Waals surface area contributed by atoms with E-state index in [1.807, 2.05) is 12.1 Å². The lowest BCUT2D eigenvalue weighted by molar-refractivity contribution is 0.313. The minimum Gasteiger partial charge on any atom is -0.493 e. The Labute approximate surface area is 108 Å². The summed E-state index contributed by atoms with van der Waals surface area (Å²) < 4.78 is 5.85. The van der Waals surface area contributed by atoms with E-state index in [9.17, 15) is 0 Å². The fourth-order valence-electron chi connectivity index (χ4n) is 2.33. The molecule has 1 unspecified atom stereocenters. The van der Waals surface area contributed by atoms with E-state index >= 15 is 0 Å². The molecule has 0 amide bonds. The molecule has 94 valence electrons. The van der Waals surface area contributed by atoms with Gasteiger partial charge in [-0.3, -0.25) is 0 Å². The molecule has 0 radical (unpaired) electrons. The van der Waals surface area contributed by atoms with E-state index in [-0.39, 0.29) is 0 Å². The zero-order valence-corrected chi connectivity index (χ0v) is 11.3. The van der Waals surface area contributed by atoms with Crippen LogP contribution < -0.4 is 10.1 Å². The van der Waals surface area contributed by atoms with E-state index in [0.717, 1.165) is 48.7 Å². The average Bonchev–Trinajstić information content (AvgIpc) is 2.54. The molecule has 3 heteroatoms. The van der Waals surface area contributed by atoms with Gasteiger partial charge in [0.1, 0.15) is 5.75 Å². The van der Waals surface area contributed by atoms with Crippen molar-refractivity contribution in [1.29, 1.82) is 0 Å². The second-order valence-corrected chi connectivity index (χ2v) is 5.01. The number of aryl methyl sites for hydroxylation is 1. The molecular formula is C14H20ClNO. The highest BCUT2D eigenvalue weighted by atomic mass is 35.5. The average molecular weight is 254 g/mol. The summed E-state index contributed by atoms with van der Waals surface area (Å²) in [5, 5.41) is 4.39. The maximum Gasteiger partial charge on any atom is 0.128 e. The lowest BCUT2D eigenvalue weighted by Gasteiger charge is -2.20. The molecule has 0 bridgehead atoms. The molecule has 0 spiro atoms. The Hall–Kier alpha value is -0.730. The van der Waals surface area contributed by atoms with Gasteiger partial charge in [-0.2, -0.15) is 0 Å². The molecule has 2 rings (SSSR count). The first-order valence-electron chi connectivity index (χ1n) is 6.39. The third kappa shape index (κ3) is 2.75. The summed E-state index contributed by atoms with van der Waals surface area (Å²) in [6, 6.07) is 4.34. The van der Waals surface area contributed by atoms with Gasteiger partial charge in [0.05, 0.1) is 6.61 Å². The van der Waals surface area contributed by atoms with E-state index in [4.69, 9.17) is 16.3 Å². The van der Waals surface area contributed by atoms with E-state index in [0.29, 0.717) is 6.04 Å². The maximum absolute atomic E-state index is 6.34. The Kier molecular flexibility index (Phi) is 4.30. The molecule has 2 nitrogen and oxygen atoms in total. The summed E-state index contributed by atoms with van der Waals surface area (Å²) in [6.45, 7) is 6.07. The van der Waals surface area contributed by atoms with Crippen molar-refractivity contribution in [3.63, 3.8) is 0 Å². The molecule has 1 atom stereocenters. The standard InChI is InChI=1S/C14H20ClNO/c1-3-8-16-12-5-4-9-17-14-10(2)6-7-11(15)13(12)14/h6-7,12,16H,3-5,8-9H2,1-2H3. The summed E-state index contributed by atoms with van der Waals surface area (Å²) in [7, 11) is 0. The van der Waals surface area contributed by atoms with E-state index in [1.54, 1.807) is 0 Å². The van der Waals surface area contributed by atoms with Crippen molar-refractivity contribution in [2.75, 3.05) is 13.2 Å². The first-order chi connectivity index (χ1) is 8.24. The van der Waals surface area contributed by atoms with E-state index in [2.05, 4.69) is 19.2 Å². The first-order valence-corrected chi connectivity index (χ1v) is 6.77. The second kappa shape index (κ2) is 5.74. The first kappa shape index (κ1) is 12.7. The molecule has 1 aliphatic heterocycles. The zero-order chi connectivity index (χ0) is 12.3. The highest BCUT2D eigenvalue weighted by Gasteiger charge is 2.23. The van der Waals surface area contributed by atoms with Gasteiger partial charge in [0.15, 0.2) is 0 Å². The maximum atomic E-state index is 6.34. The topological polar surface area (TPSA) is 21.3 Å². The van der Waals surface area contributed by atoms with Crippen LogP contribution in [-0.4, -0.2) is 13.2 Å². The van der Waals surface area contributed by atoms with Gasteiger partial charge in [-0.1, -0.05) is 24.6 Å². The Balaban J connectivity index is 2.36. The van der Waals surface area contributed by atoms with Crippen LogP contribution in [0.4, 0.5) is 0 Å². The van der Waals surface area contributed by atoms with Crippen molar-refractivity contribution in [3.05, 3.63) is 28.3 Å². The van der Waals surface area contributed by atoms with Gasteiger partial charge in [0.25, 0.3) is 0 Å². The second-order valence-electron chi connectivity index (χ2n) is 4.60. The molecule has 1 aromatic rings. The highest BCUT2D eigenvalue weighted by Crippen LogP contribution is 2.38. The summed E-state index contributed by atoms with van der Waals surface area (Å²) in [5.41, 5.74) is 2.33. The van der Waals surface area contributed by atoms with Crippen LogP contribution in [0.5, 0.6) is 5.75 Å². The predicted molar refractivity (Wildman–Crippen MR) is 72.0 cm³/mol. The Bertz CT molecular complexity index is 392. The molecule has 17 heavy (non-hydrogen) atoms. The molecule has 0 aliphatic carbocycles. The molecule has 1 aliphatic rings. The molecule has 1 N–H and O–H groups in total. The summed E-state index contributed by atoms with van der Waals surface area (Å²) in [5.74, 6) is 0.989. The minimum atomic E-state index is 0.333. The van der Waals surface area contributed by atoms with Crippen LogP contribution >= 0.6 is 11.6 Å². The molecule has 0 saturated heterocycles. The number of halogens is 1. The van der Waals surface area contributed by atoms with Crippen LogP contribution in [0.15, 0.2) is 12.1 Å². The van der Waals surface area contributed by atoms with Gasteiger partial charge in [0, 0.05) is 16.6 Å². The molecule has 1 aromatic carbocycles. The van der Waals surface area contributed by atoms with Gasteiger partial charge >= 0.3 is 0 Å². The van der Waals surface area contributed by atoms with E-state index < -0.39 is 0 Å². The van der Waals surface area contributed by atoms with Crippen LogP contribution in [0.2, 0.25) is 5.02 Å². The van der Waals surface area contributed by atoms with E-state index in [1.165, 1.54) is 5.56 Å². The highest BCUT2D eigenvalue weighted by molar-refractivity contribution is 6.31. The predicted octanol–water partition coefficient (Wildman–Crippen LogP) is 3.86. The van der Waals surface area contributed by atoms with Crippen LogP contribution in [0.25, 0.3) is 0 Å². The van der Waals surface area contributed by atoms with Crippen molar-refractivity contribution < 1.29 is 4.74 Å². The molecular weight excluding hydrogens is 234 g/mol. The quantitative estimate of drug-likeness (QED) is 0.883. The number of rotatable bonds is 3. The smallest absolute Gasteiger partial charge is 0.128 e. The van der Waals surface area contributed by atoms with Gasteiger partial charge in [-0.15, -0.1) is 0 Å². The van der Waals surface area contributed by atoms with Gasteiger partial charge in [0.2, 0.25) is 0 Å². The lowest BCUT2D eigenvalue weighted by atomic mass is 9.99. The number of benzene rings is 1. The SMILES string of the molecule is CCCNC1CCCOc2c(C)ccc(Cl)c21. The third-order valence-electron chi connectivity index (χ3n) is 3.21. The summed E-state index contributed by atoms with van der Waals surface area (Å²) in [4.78, 5) is 0.